The highest BCUT2D eigenvalue weighted by molar-refractivity contribution is 5.78. The van der Waals surface area contributed by atoms with Gasteiger partial charge in [0.25, 0.3) is 0 Å². The Morgan fingerprint density at radius 2 is 2.07 bits per heavy atom. The Hall–Kier alpha value is -1.45. The van der Waals surface area contributed by atoms with Gasteiger partial charge in [-0.3, -0.25) is 0 Å². The zero-order valence-corrected chi connectivity index (χ0v) is 8.55. The van der Waals surface area contributed by atoms with Crippen molar-refractivity contribution in [3.63, 3.8) is 0 Å². The summed E-state index contributed by atoms with van der Waals surface area (Å²) in [6, 6.07) is 11.6. The quantitative estimate of drug-likeness (QED) is 0.828. The maximum atomic E-state index is 9.69. The van der Waals surface area contributed by atoms with Crippen molar-refractivity contribution in [3.05, 3.63) is 42.1 Å². The van der Waals surface area contributed by atoms with E-state index in [1.807, 2.05) is 36.4 Å². The first kappa shape index (κ1) is 10.1. The zero-order valence-electron chi connectivity index (χ0n) is 8.55. The van der Waals surface area contributed by atoms with Crippen LogP contribution in [0.5, 0.6) is 0 Å². The number of aromatic nitrogens is 1. The fourth-order valence-electron chi connectivity index (χ4n) is 1.51. The summed E-state index contributed by atoms with van der Waals surface area (Å²) >= 11 is 0. The van der Waals surface area contributed by atoms with Crippen LogP contribution in [0.1, 0.15) is 11.8 Å². The van der Waals surface area contributed by atoms with Crippen LogP contribution in [-0.2, 0) is 4.74 Å². The first-order valence-corrected chi connectivity index (χ1v) is 4.84. The number of hydrogen-bond donors (Lipinski definition) is 1. The minimum atomic E-state index is -0.653. The van der Waals surface area contributed by atoms with Crippen molar-refractivity contribution in [2.24, 2.45) is 0 Å². The van der Waals surface area contributed by atoms with Crippen LogP contribution in [0.2, 0.25) is 0 Å². The van der Waals surface area contributed by atoms with Crippen molar-refractivity contribution >= 4 is 10.9 Å². The number of aliphatic hydroxyl groups is 1. The third-order valence-corrected chi connectivity index (χ3v) is 2.29. The van der Waals surface area contributed by atoms with Crippen LogP contribution in [0, 0.1) is 0 Å². The molecule has 2 rings (SSSR count). The van der Waals surface area contributed by atoms with E-state index in [2.05, 4.69) is 4.98 Å². The summed E-state index contributed by atoms with van der Waals surface area (Å²) in [5.74, 6) is 0. The Morgan fingerprint density at radius 3 is 2.87 bits per heavy atom. The Morgan fingerprint density at radius 1 is 1.27 bits per heavy atom. The maximum Gasteiger partial charge on any atom is 0.119 e. The number of nitrogens with zero attached hydrogens (tertiary/aromatic N) is 1. The molecule has 15 heavy (non-hydrogen) atoms. The molecular weight excluding hydrogens is 190 g/mol. The minimum Gasteiger partial charge on any atom is -0.384 e. The van der Waals surface area contributed by atoms with E-state index < -0.39 is 6.10 Å². The summed E-state index contributed by atoms with van der Waals surface area (Å²) in [7, 11) is 1.56. The number of rotatable bonds is 3. The van der Waals surface area contributed by atoms with Crippen molar-refractivity contribution in [3.8, 4) is 0 Å². The summed E-state index contributed by atoms with van der Waals surface area (Å²) in [4.78, 5) is 4.36. The van der Waals surface area contributed by atoms with Gasteiger partial charge in [0.05, 0.1) is 17.8 Å². The number of hydrogen-bond acceptors (Lipinski definition) is 3. The third kappa shape index (κ3) is 2.14. The molecule has 0 saturated carbocycles. The van der Waals surface area contributed by atoms with Gasteiger partial charge in [0, 0.05) is 12.5 Å². The van der Waals surface area contributed by atoms with E-state index in [1.165, 1.54) is 0 Å². The average Bonchev–Trinajstić information content (AvgIpc) is 2.29. The van der Waals surface area contributed by atoms with Crippen molar-refractivity contribution in [1.29, 1.82) is 0 Å². The number of aliphatic hydroxyl groups excluding tert-OH is 1. The van der Waals surface area contributed by atoms with E-state index in [-0.39, 0.29) is 6.61 Å². The van der Waals surface area contributed by atoms with Gasteiger partial charge < -0.3 is 9.84 Å². The SMILES string of the molecule is COCC(O)c1ccc2ccccc2n1. The van der Waals surface area contributed by atoms with E-state index >= 15 is 0 Å². The maximum absolute atomic E-state index is 9.69. The fraction of sp³-hybridized carbons (Fsp3) is 0.250. The standard InChI is InChI=1S/C12H13NO2/c1-15-8-12(14)11-7-6-9-4-2-3-5-10(9)13-11/h2-7,12,14H,8H2,1H3. The lowest BCUT2D eigenvalue weighted by Gasteiger charge is -2.09. The van der Waals surface area contributed by atoms with Crippen molar-refractivity contribution in [1.82, 2.24) is 4.98 Å². The normalized spacial score (nSPS) is 12.9. The molecule has 3 nitrogen and oxygen atoms in total. The Kier molecular flexibility index (Phi) is 2.94. The minimum absolute atomic E-state index is 0.269. The summed E-state index contributed by atoms with van der Waals surface area (Å²) in [6.07, 6.45) is -0.653. The molecule has 78 valence electrons. The van der Waals surface area contributed by atoms with Gasteiger partial charge in [0.1, 0.15) is 6.10 Å². The molecule has 0 aliphatic rings. The summed E-state index contributed by atoms with van der Waals surface area (Å²) in [5, 5.41) is 10.8. The first-order valence-electron chi connectivity index (χ1n) is 4.84. The summed E-state index contributed by atoms with van der Waals surface area (Å²) in [5.41, 5.74) is 1.54. The van der Waals surface area contributed by atoms with Gasteiger partial charge in [0.2, 0.25) is 0 Å². The Balaban J connectivity index is 2.38. The highest BCUT2D eigenvalue weighted by Crippen LogP contribution is 2.16. The molecule has 0 fully saturated rings. The smallest absolute Gasteiger partial charge is 0.119 e. The van der Waals surface area contributed by atoms with Crippen LogP contribution in [0.15, 0.2) is 36.4 Å². The summed E-state index contributed by atoms with van der Waals surface area (Å²) < 4.78 is 4.88. The molecule has 0 aliphatic carbocycles. The molecule has 1 aromatic carbocycles. The second kappa shape index (κ2) is 4.38. The van der Waals surface area contributed by atoms with Gasteiger partial charge in [-0.1, -0.05) is 24.3 Å². The van der Waals surface area contributed by atoms with Crippen molar-refractivity contribution in [2.45, 2.75) is 6.10 Å². The molecule has 0 aliphatic heterocycles. The number of para-hydroxylation sites is 1. The van der Waals surface area contributed by atoms with Gasteiger partial charge in [-0.25, -0.2) is 4.98 Å². The lowest BCUT2D eigenvalue weighted by atomic mass is 10.1. The Bertz CT molecular complexity index is 456. The topological polar surface area (TPSA) is 42.4 Å². The predicted octanol–water partition coefficient (Wildman–Crippen LogP) is 1.91. The highest BCUT2D eigenvalue weighted by atomic mass is 16.5. The summed E-state index contributed by atoms with van der Waals surface area (Å²) in [6.45, 7) is 0.269. The Labute approximate surface area is 88.3 Å². The molecule has 0 radical (unpaired) electrons. The predicted molar refractivity (Wildman–Crippen MR) is 58.6 cm³/mol. The molecular formula is C12H13NO2. The second-order valence-corrected chi connectivity index (χ2v) is 3.40. The van der Waals surface area contributed by atoms with Gasteiger partial charge in [-0.15, -0.1) is 0 Å². The third-order valence-electron chi connectivity index (χ3n) is 2.29. The molecule has 1 heterocycles. The molecule has 0 spiro atoms. The molecule has 0 bridgehead atoms. The highest BCUT2D eigenvalue weighted by Gasteiger charge is 2.08. The first-order chi connectivity index (χ1) is 7.31. The van der Waals surface area contributed by atoms with Gasteiger partial charge in [0.15, 0.2) is 0 Å². The van der Waals surface area contributed by atoms with Crippen LogP contribution in [0.4, 0.5) is 0 Å². The second-order valence-electron chi connectivity index (χ2n) is 3.40. The van der Waals surface area contributed by atoms with E-state index in [0.29, 0.717) is 5.69 Å². The number of ether oxygens (including phenoxy) is 1. The zero-order chi connectivity index (χ0) is 10.7. The van der Waals surface area contributed by atoms with Gasteiger partial charge >= 0.3 is 0 Å². The molecule has 1 unspecified atom stereocenters. The van der Waals surface area contributed by atoms with Crippen LogP contribution in [-0.4, -0.2) is 23.8 Å². The molecule has 1 atom stereocenters. The van der Waals surface area contributed by atoms with Gasteiger partial charge in [-0.05, 0) is 12.1 Å². The van der Waals surface area contributed by atoms with E-state index in [9.17, 15) is 5.11 Å². The van der Waals surface area contributed by atoms with Crippen LogP contribution >= 0.6 is 0 Å². The molecule has 0 amide bonds. The molecule has 2 aromatic rings. The van der Waals surface area contributed by atoms with Crippen molar-refractivity contribution in [2.75, 3.05) is 13.7 Å². The van der Waals surface area contributed by atoms with E-state index in [4.69, 9.17) is 4.74 Å². The fourth-order valence-corrected chi connectivity index (χ4v) is 1.51. The molecule has 1 aromatic heterocycles. The van der Waals surface area contributed by atoms with Crippen LogP contribution < -0.4 is 0 Å². The monoisotopic (exact) mass is 203 g/mol. The largest absolute Gasteiger partial charge is 0.384 e. The van der Waals surface area contributed by atoms with E-state index in [1.54, 1.807) is 7.11 Å². The van der Waals surface area contributed by atoms with E-state index in [0.717, 1.165) is 10.9 Å². The molecule has 1 N–H and O–H groups in total. The van der Waals surface area contributed by atoms with Gasteiger partial charge in [-0.2, -0.15) is 0 Å². The lowest BCUT2D eigenvalue weighted by molar-refractivity contribution is 0.0619. The average molecular weight is 203 g/mol. The number of pyridine rings is 1. The van der Waals surface area contributed by atoms with Crippen LogP contribution in [0.25, 0.3) is 10.9 Å². The lowest BCUT2D eigenvalue weighted by Crippen LogP contribution is -2.06. The number of methoxy groups -OCH3 is 1. The van der Waals surface area contributed by atoms with Crippen LogP contribution in [0.3, 0.4) is 0 Å². The number of fused-ring (bicyclic) bond motifs is 1. The molecule has 0 saturated heterocycles. The number of benzene rings is 1. The van der Waals surface area contributed by atoms with Crippen molar-refractivity contribution < 1.29 is 9.84 Å². The molecule has 3 heteroatoms.